The van der Waals surface area contributed by atoms with Crippen LogP contribution in [0.4, 0.5) is 5.88 Å². The molecule has 23 heavy (non-hydrogen) atoms. The Morgan fingerprint density at radius 2 is 1.87 bits per heavy atom. The van der Waals surface area contributed by atoms with Crippen LogP contribution in [0.1, 0.15) is 31.0 Å². The van der Waals surface area contributed by atoms with Crippen LogP contribution in [-0.4, -0.2) is 30.3 Å². The van der Waals surface area contributed by atoms with Gasteiger partial charge in [0, 0.05) is 19.2 Å². The van der Waals surface area contributed by atoms with Gasteiger partial charge in [0.15, 0.2) is 0 Å². The van der Waals surface area contributed by atoms with E-state index in [0.717, 1.165) is 5.56 Å². The predicted molar refractivity (Wildman–Crippen MR) is 88.8 cm³/mol. The van der Waals surface area contributed by atoms with E-state index in [-0.39, 0.29) is 12.2 Å². The maximum absolute atomic E-state index is 9.32. The fraction of sp³-hybridized carbons (Fsp3) is 0.333. The third-order valence-corrected chi connectivity index (χ3v) is 3.66. The van der Waals surface area contributed by atoms with E-state index >= 15 is 0 Å². The maximum atomic E-state index is 9.32. The number of rotatable bonds is 3. The Bertz CT molecular complexity index is 720. The molecule has 2 heterocycles. The quantitative estimate of drug-likeness (QED) is 0.870. The Labute approximate surface area is 135 Å². The number of nitrogens with zero attached hydrogens (tertiary/aromatic N) is 3. The van der Waals surface area contributed by atoms with Gasteiger partial charge in [0.05, 0.1) is 12.2 Å². The monoisotopic (exact) mass is 309 g/mol. The fourth-order valence-corrected chi connectivity index (χ4v) is 2.76. The molecule has 1 aromatic heterocycles. The van der Waals surface area contributed by atoms with Gasteiger partial charge in [0.25, 0.3) is 0 Å². The number of morpholine rings is 1. The average molecular weight is 309 g/mol. The molecule has 1 saturated heterocycles. The summed E-state index contributed by atoms with van der Waals surface area (Å²) < 4.78 is 11.5. The number of oxazole rings is 1. The summed E-state index contributed by atoms with van der Waals surface area (Å²) in [5, 5.41) is 9.32. The van der Waals surface area contributed by atoms with Gasteiger partial charge in [-0.15, -0.1) is 0 Å². The molecule has 1 fully saturated rings. The molecule has 118 valence electrons. The van der Waals surface area contributed by atoms with Gasteiger partial charge in [0.1, 0.15) is 6.07 Å². The highest BCUT2D eigenvalue weighted by Gasteiger charge is 2.27. The van der Waals surface area contributed by atoms with Crippen LogP contribution < -0.4 is 4.90 Å². The van der Waals surface area contributed by atoms with E-state index < -0.39 is 0 Å². The zero-order valence-electron chi connectivity index (χ0n) is 13.3. The highest BCUT2D eigenvalue weighted by atomic mass is 16.5. The second-order valence-corrected chi connectivity index (χ2v) is 5.72. The normalized spacial score (nSPS) is 21.5. The molecule has 0 radical (unpaired) electrons. The van der Waals surface area contributed by atoms with Gasteiger partial charge in [-0.05, 0) is 25.5 Å². The summed E-state index contributed by atoms with van der Waals surface area (Å²) >= 11 is 0. The van der Waals surface area contributed by atoms with E-state index in [2.05, 4.69) is 11.1 Å². The van der Waals surface area contributed by atoms with Crippen molar-refractivity contribution in [3.05, 3.63) is 47.5 Å². The molecule has 0 spiro atoms. The largest absolute Gasteiger partial charge is 0.420 e. The Morgan fingerprint density at radius 3 is 2.52 bits per heavy atom. The maximum Gasteiger partial charge on any atom is 0.235 e. The number of ether oxygens (including phenoxy) is 1. The van der Waals surface area contributed by atoms with E-state index in [0.29, 0.717) is 30.6 Å². The van der Waals surface area contributed by atoms with Gasteiger partial charge in [0.2, 0.25) is 17.5 Å². The number of aromatic nitrogens is 1. The molecule has 0 N–H and O–H groups in total. The molecule has 5 heteroatoms. The first-order valence-electron chi connectivity index (χ1n) is 7.70. The second kappa shape index (κ2) is 6.67. The molecule has 1 aliphatic heterocycles. The Kier molecular flexibility index (Phi) is 4.45. The molecule has 0 bridgehead atoms. The summed E-state index contributed by atoms with van der Waals surface area (Å²) in [6.07, 6.45) is 3.89. The van der Waals surface area contributed by atoms with Crippen molar-refractivity contribution in [2.75, 3.05) is 18.0 Å². The Balaban J connectivity index is 1.83. The van der Waals surface area contributed by atoms with Crippen molar-refractivity contribution < 1.29 is 9.15 Å². The third kappa shape index (κ3) is 3.61. The van der Waals surface area contributed by atoms with E-state index in [1.54, 1.807) is 6.08 Å². The molecule has 2 atom stereocenters. The second-order valence-electron chi connectivity index (χ2n) is 5.72. The lowest BCUT2D eigenvalue weighted by atomic mass is 10.2. The lowest BCUT2D eigenvalue weighted by molar-refractivity contribution is -0.00642. The molecule has 0 saturated carbocycles. The van der Waals surface area contributed by atoms with Crippen LogP contribution in [0.15, 0.2) is 34.7 Å². The summed E-state index contributed by atoms with van der Waals surface area (Å²) in [7, 11) is 0. The highest BCUT2D eigenvalue weighted by molar-refractivity contribution is 5.67. The Hall–Kier alpha value is -2.58. The summed E-state index contributed by atoms with van der Waals surface area (Å²) in [5.74, 6) is 0.967. The average Bonchev–Trinajstić information content (AvgIpc) is 2.96. The predicted octanol–water partition coefficient (Wildman–Crippen LogP) is 3.33. The van der Waals surface area contributed by atoms with E-state index in [9.17, 15) is 5.26 Å². The summed E-state index contributed by atoms with van der Waals surface area (Å²) in [6.45, 7) is 5.41. The van der Waals surface area contributed by atoms with Crippen LogP contribution in [0.2, 0.25) is 0 Å². The number of hydrogen-bond donors (Lipinski definition) is 0. The first-order chi connectivity index (χ1) is 11.2. The molecule has 1 aromatic carbocycles. The van der Waals surface area contributed by atoms with Crippen molar-refractivity contribution in [1.29, 1.82) is 5.26 Å². The van der Waals surface area contributed by atoms with Gasteiger partial charge in [-0.25, -0.2) is 0 Å². The lowest BCUT2D eigenvalue weighted by Crippen LogP contribution is -2.45. The van der Waals surface area contributed by atoms with Crippen molar-refractivity contribution in [2.45, 2.75) is 26.1 Å². The minimum Gasteiger partial charge on any atom is -0.420 e. The van der Waals surface area contributed by atoms with Crippen LogP contribution in [-0.2, 0) is 4.74 Å². The standard InChI is InChI=1S/C18H19N3O2/c1-13-11-21(12-14(2)22-13)18-16(10-19)20-17(23-18)9-8-15-6-4-3-5-7-15/h3-9,13-14H,11-12H2,1-2H3/b9-8+/t13-,14-/m0/s1. The van der Waals surface area contributed by atoms with Crippen LogP contribution >= 0.6 is 0 Å². The molecule has 0 aliphatic carbocycles. The fourth-order valence-electron chi connectivity index (χ4n) is 2.76. The van der Waals surface area contributed by atoms with Crippen molar-refractivity contribution >= 4 is 18.0 Å². The van der Waals surface area contributed by atoms with Gasteiger partial charge in [-0.3, -0.25) is 0 Å². The first-order valence-corrected chi connectivity index (χ1v) is 7.70. The molecule has 2 aromatic rings. The SMILES string of the molecule is C[C@H]1CN(c2oc(/C=C/c3ccccc3)nc2C#N)C[C@H](C)O1. The van der Waals surface area contributed by atoms with E-state index in [1.165, 1.54) is 0 Å². The van der Waals surface area contributed by atoms with Crippen LogP contribution in [0.5, 0.6) is 0 Å². The van der Waals surface area contributed by atoms with Crippen LogP contribution in [0.3, 0.4) is 0 Å². The number of anilines is 1. The smallest absolute Gasteiger partial charge is 0.235 e. The van der Waals surface area contributed by atoms with Gasteiger partial charge >= 0.3 is 0 Å². The number of benzene rings is 1. The first kappa shape index (κ1) is 15.3. The van der Waals surface area contributed by atoms with Crippen molar-refractivity contribution in [2.24, 2.45) is 0 Å². The van der Waals surface area contributed by atoms with Gasteiger partial charge in [-0.2, -0.15) is 10.2 Å². The highest BCUT2D eigenvalue weighted by Crippen LogP contribution is 2.26. The lowest BCUT2D eigenvalue weighted by Gasteiger charge is -2.34. The van der Waals surface area contributed by atoms with E-state index in [1.807, 2.05) is 55.2 Å². The zero-order chi connectivity index (χ0) is 16.2. The van der Waals surface area contributed by atoms with Crippen molar-refractivity contribution in [1.82, 2.24) is 4.98 Å². The van der Waals surface area contributed by atoms with Gasteiger partial charge in [-0.1, -0.05) is 30.3 Å². The third-order valence-electron chi connectivity index (χ3n) is 3.66. The number of hydrogen-bond acceptors (Lipinski definition) is 5. The summed E-state index contributed by atoms with van der Waals surface area (Å²) in [4.78, 5) is 6.30. The number of nitriles is 1. The van der Waals surface area contributed by atoms with Gasteiger partial charge < -0.3 is 14.1 Å². The topological polar surface area (TPSA) is 62.3 Å². The van der Waals surface area contributed by atoms with Crippen LogP contribution in [0, 0.1) is 11.3 Å². The molecule has 0 amide bonds. The molecule has 1 aliphatic rings. The molecule has 5 nitrogen and oxygen atoms in total. The molecular weight excluding hydrogens is 290 g/mol. The zero-order valence-corrected chi connectivity index (χ0v) is 13.3. The Morgan fingerprint density at radius 1 is 1.17 bits per heavy atom. The van der Waals surface area contributed by atoms with Crippen molar-refractivity contribution in [3.63, 3.8) is 0 Å². The molecule has 0 unspecified atom stereocenters. The van der Waals surface area contributed by atoms with E-state index in [4.69, 9.17) is 9.15 Å². The van der Waals surface area contributed by atoms with Crippen LogP contribution in [0.25, 0.3) is 12.2 Å². The summed E-state index contributed by atoms with van der Waals surface area (Å²) in [5.41, 5.74) is 1.37. The van der Waals surface area contributed by atoms with Crippen molar-refractivity contribution in [3.8, 4) is 6.07 Å². The minimum absolute atomic E-state index is 0.0960. The summed E-state index contributed by atoms with van der Waals surface area (Å²) in [6, 6.07) is 12.0. The molecular formula is C18H19N3O2. The minimum atomic E-state index is 0.0960. The molecule has 3 rings (SSSR count).